The highest BCUT2D eigenvalue weighted by Crippen LogP contribution is 2.28. The fourth-order valence-electron chi connectivity index (χ4n) is 2.36. The number of benzene rings is 1. The summed E-state index contributed by atoms with van der Waals surface area (Å²) in [7, 11) is 0. The van der Waals surface area contributed by atoms with E-state index >= 15 is 0 Å². The molecule has 0 fully saturated rings. The Kier molecular flexibility index (Phi) is 4.71. The lowest BCUT2D eigenvalue weighted by Crippen LogP contribution is -2.19. The largest absolute Gasteiger partial charge is 0.382 e. The van der Waals surface area contributed by atoms with Crippen molar-refractivity contribution in [3.8, 4) is 0 Å². The van der Waals surface area contributed by atoms with Crippen LogP contribution in [0.2, 0.25) is 5.02 Å². The van der Waals surface area contributed by atoms with E-state index in [2.05, 4.69) is 25.3 Å². The van der Waals surface area contributed by atoms with Crippen LogP contribution in [0.15, 0.2) is 18.2 Å². The average molecular weight is 295 g/mol. The maximum Gasteiger partial charge on any atom is 0.115 e. The molecule has 0 spiro atoms. The summed E-state index contributed by atoms with van der Waals surface area (Å²) in [6, 6.07) is 5.89. The topological polar surface area (TPSA) is 27.1 Å². The molecule has 0 saturated heterocycles. The Morgan fingerprint density at radius 1 is 1.30 bits per heavy atom. The van der Waals surface area contributed by atoms with E-state index in [0.717, 1.165) is 48.1 Å². The van der Waals surface area contributed by atoms with Gasteiger partial charge in [0.05, 0.1) is 11.0 Å². The summed E-state index contributed by atoms with van der Waals surface area (Å²) in [6.45, 7) is 11.0. The molecule has 1 heterocycles. The van der Waals surface area contributed by atoms with Crippen LogP contribution in [0.5, 0.6) is 0 Å². The Balaban J connectivity index is 2.38. The molecule has 0 bridgehead atoms. The van der Waals surface area contributed by atoms with Crippen LogP contribution in [0.1, 0.15) is 39.9 Å². The van der Waals surface area contributed by atoms with Gasteiger partial charge in [-0.1, -0.05) is 32.4 Å². The van der Waals surface area contributed by atoms with Crippen molar-refractivity contribution in [1.82, 2.24) is 9.55 Å². The average Bonchev–Trinajstić information content (AvgIpc) is 2.73. The fourth-order valence-corrected chi connectivity index (χ4v) is 2.53. The van der Waals surface area contributed by atoms with Gasteiger partial charge < -0.3 is 9.30 Å². The first-order valence-electron chi connectivity index (χ1n) is 7.17. The van der Waals surface area contributed by atoms with Crippen LogP contribution in [0.3, 0.4) is 0 Å². The monoisotopic (exact) mass is 294 g/mol. The Morgan fingerprint density at radius 2 is 2.05 bits per heavy atom. The SMILES string of the molecule is CCOCCCn1c(C(C)(C)C)nc2ccc(Cl)cc21. The number of rotatable bonds is 5. The maximum atomic E-state index is 6.13. The minimum atomic E-state index is 0.0110. The number of halogens is 1. The molecule has 2 rings (SSSR count). The first-order valence-corrected chi connectivity index (χ1v) is 7.55. The predicted molar refractivity (Wildman–Crippen MR) is 84.6 cm³/mol. The van der Waals surface area contributed by atoms with Crippen LogP contribution in [0, 0.1) is 0 Å². The number of nitrogens with zero attached hydrogens (tertiary/aromatic N) is 2. The van der Waals surface area contributed by atoms with Crippen molar-refractivity contribution in [1.29, 1.82) is 0 Å². The van der Waals surface area contributed by atoms with Crippen LogP contribution in [-0.4, -0.2) is 22.8 Å². The van der Waals surface area contributed by atoms with E-state index in [1.807, 2.05) is 25.1 Å². The molecule has 0 atom stereocenters. The molecule has 110 valence electrons. The number of aryl methyl sites for hydroxylation is 1. The molecule has 0 amide bonds. The van der Waals surface area contributed by atoms with E-state index in [9.17, 15) is 0 Å². The molecule has 4 heteroatoms. The number of hydrogen-bond acceptors (Lipinski definition) is 2. The molecule has 2 aromatic rings. The van der Waals surface area contributed by atoms with E-state index in [1.54, 1.807) is 0 Å². The standard InChI is InChI=1S/C16H23ClN2O/c1-5-20-10-6-9-19-14-11-12(17)7-8-13(14)18-15(19)16(2,3)4/h7-8,11H,5-6,9-10H2,1-4H3. The zero-order chi connectivity index (χ0) is 14.8. The van der Waals surface area contributed by atoms with Gasteiger partial charge in [0.25, 0.3) is 0 Å². The first kappa shape index (κ1) is 15.3. The third-order valence-electron chi connectivity index (χ3n) is 3.26. The van der Waals surface area contributed by atoms with Crippen LogP contribution in [-0.2, 0) is 16.7 Å². The van der Waals surface area contributed by atoms with Gasteiger partial charge in [0.15, 0.2) is 0 Å². The lowest BCUT2D eigenvalue weighted by Gasteiger charge is -2.20. The van der Waals surface area contributed by atoms with Crippen molar-refractivity contribution in [2.45, 2.75) is 46.1 Å². The molecular formula is C16H23ClN2O. The van der Waals surface area contributed by atoms with Crippen molar-refractivity contribution in [3.05, 3.63) is 29.0 Å². The second-order valence-electron chi connectivity index (χ2n) is 6.02. The fraction of sp³-hybridized carbons (Fsp3) is 0.562. The van der Waals surface area contributed by atoms with Gasteiger partial charge in [-0.2, -0.15) is 0 Å². The minimum Gasteiger partial charge on any atom is -0.382 e. The quantitative estimate of drug-likeness (QED) is 0.764. The first-order chi connectivity index (χ1) is 9.43. The molecule has 1 aromatic carbocycles. The van der Waals surface area contributed by atoms with Crippen LogP contribution in [0.4, 0.5) is 0 Å². The molecule has 3 nitrogen and oxygen atoms in total. The molecule has 0 aliphatic heterocycles. The number of hydrogen-bond donors (Lipinski definition) is 0. The van der Waals surface area contributed by atoms with Gasteiger partial charge in [0.2, 0.25) is 0 Å². The molecule has 0 saturated carbocycles. The molecule has 0 aliphatic carbocycles. The summed E-state index contributed by atoms with van der Waals surface area (Å²) in [6.07, 6.45) is 0.981. The summed E-state index contributed by atoms with van der Waals surface area (Å²) >= 11 is 6.13. The summed E-state index contributed by atoms with van der Waals surface area (Å²) in [5.41, 5.74) is 2.13. The summed E-state index contributed by atoms with van der Waals surface area (Å²) in [5, 5.41) is 0.754. The van der Waals surface area contributed by atoms with Crippen LogP contribution in [0.25, 0.3) is 11.0 Å². The molecule has 0 radical (unpaired) electrons. The Bertz CT molecular complexity index is 584. The van der Waals surface area contributed by atoms with Gasteiger partial charge in [0, 0.05) is 30.2 Å². The van der Waals surface area contributed by atoms with Gasteiger partial charge in [-0.15, -0.1) is 0 Å². The lowest BCUT2D eigenvalue weighted by atomic mass is 9.95. The second-order valence-corrected chi connectivity index (χ2v) is 6.46. The summed E-state index contributed by atoms with van der Waals surface area (Å²) < 4.78 is 7.71. The smallest absolute Gasteiger partial charge is 0.115 e. The number of aromatic nitrogens is 2. The zero-order valence-corrected chi connectivity index (χ0v) is 13.5. The van der Waals surface area contributed by atoms with Crippen molar-refractivity contribution < 1.29 is 4.74 Å². The molecular weight excluding hydrogens is 272 g/mol. The Hall–Kier alpha value is -1.06. The molecule has 0 unspecified atom stereocenters. The van der Waals surface area contributed by atoms with E-state index in [1.165, 1.54) is 0 Å². The normalized spacial score (nSPS) is 12.2. The van der Waals surface area contributed by atoms with Crippen molar-refractivity contribution >= 4 is 22.6 Å². The van der Waals surface area contributed by atoms with Gasteiger partial charge in [-0.05, 0) is 31.5 Å². The molecule has 20 heavy (non-hydrogen) atoms. The third-order valence-corrected chi connectivity index (χ3v) is 3.49. The third kappa shape index (κ3) is 3.33. The zero-order valence-electron chi connectivity index (χ0n) is 12.7. The Labute approximate surface area is 125 Å². The van der Waals surface area contributed by atoms with Crippen molar-refractivity contribution in [3.63, 3.8) is 0 Å². The van der Waals surface area contributed by atoms with Crippen molar-refractivity contribution in [2.75, 3.05) is 13.2 Å². The highest BCUT2D eigenvalue weighted by molar-refractivity contribution is 6.31. The number of imidazole rings is 1. The van der Waals surface area contributed by atoms with E-state index in [0.29, 0.717) is 0 Å². The molecule has 1 aromatic heterocycles. The summed E-state index contributed by atoms with van der Waals surface area (Å²) in [4.78, 5) is 4.79. The van der Waals surface area contributed by atoms with Gasteiger partial charge in [-0.3, -0.25) is 0 Å². The minimum absolute atomic E-state index is 0.0110. The molecule has 0 N–H and O–H groups in total. The number of ether oxygens (including phenoxy) is 1. The van der Waals surface area contributed by atoms with Gasteiger partial charge >= 0.3 is 0 Å². The van der Waals surface area contributed by atoms with E-state index < -0.39 is 0 Å². The Morgan fingerprint density at radius 3 is 2.70 bits per heavy atom. The summed E-state index contributed by atoms with van der Waals surface area (Å²) in [5.74, 6) is 1.10. The highest BCUT2D eigenvalue weighted by atomic mass is 35.5. The van der Waals surface area contributed by atoms with Crippen LogP contribution < -0.4 is 0 Å². The molecule has 0 aliphatic rings. The van der Waals surface area contributed by atoms with Crippen LogP contribution >= 0.6 is 11.6 Å². The van der Waals surface area contributed by atoms with E-state index in [4.69, 9.17) is 21.3 Å². The highest BCUT2D eigenvalue weighted by Gasteiger charge is 2.22. The maximum absolute atomic E-state index is 6.13. The predicted octanol–water partition coefficient (Wildman–Crippen LogP) is 4.41. The van der Waals surface area contributed by atoms with Gasteiger partial charge in [0.1, 0.15) is 5.82 Å². The van der Waals surface area contributed by atoms with Gasteiger partial charge in [-0.25, -0.2) is 4.98 Å². The van der Waals surface area contributed by atoms with E-state index in [-0.39, 0.29) is 5.41 Å². The lowest BCUT2D eigenvalue weighted by molar-refractivity contribution is 0.141. The second kappa shape index (κ2) is 6.15. The number of fused-ring (bicyclic) bond motifs is 1. The van der Waals surface area contributed by atoms with Crippen molar-refractivity contribution in [2.24, 2.45) is 0 Å².